The molecule has 1 fully saturated rings. The van der Waals surface area contributed by atoms with Crippen molar-refractivity contribution < 1.29 is 13.6 Å². The molecule has 0 bridgehead atoms. The second kappa shape index (κ2) is 9.62. The van der Waals surface area contributed by atoms with Crippen molar-refractivity contribution in [2.75, 3.05) is 13.1 Å². The third kappa shape index (κ3) is 6.03. The molecule has 2 aromatic rings. The van der Waals surface area contributed by atoms with E-state index < -0.39 is 5.82 Å². The van der Waals surface area contributed by atoms with Crippen LogP contribution in [-0.2, 0) is 0 Å². The van der Waals surface area contributed by atoms with Crippen molar-refractivity contribution in [1.29, 1.82) is 0 Å². The molecule has 25 heavy (non-hydrogen) atoms. The van der Waals surface area contributed by atoms with Crippen LogP contribution in [0.25, 0.3) is 0 Å². The molecule has 1 N–H and O–H groups in total. The summed E-state index contributed by atoms with van der Waals surface area (Å²) in [6.45, 7) is 1.64. The van der Waals surface area contributed by atoms with E-state index in [1.54, 1.807) is 0 Å². The minimum atomic E-state index is -0.479. The van der Waals surface area contributed by atoms with Gasteiger partial charge in [-0.2, -0.15) is 0 Å². The highest BCUT2D eigenvalue weighted by molar-refractivity contribution is 9.10. The highest BCUT2D eigenvalue weighted by Gasteiger charge is 2.24. The molecule has 1 saturated heterocycles. The molecule has 0 spiro atoms. The van der Waals surface area contributed by atoms with E-state index in [-0.39, 0.29) is 23.1 Å². The molecular weight excluding hydrogens is 435 g/mol. The summed E-state index contributed by atoms with van der Waals surface area (Å²) in [4.78, 5) is 12.0. The third-order valence-electron chi connectivity index (χ3n) is 3.79. The first-order valence-electron chi connectivity index (χ1n) is 7.69. The van der Waals surface area contributed by atoms with Gasteiger partial charge in [0, 0.05) is 16.0 Å². The van der Waals surface area contributed by atoms with Gasteiger partial charge in [-0.25, -0.2) is 8.78 Å². The summed E-state index contributed by atoms with van der Waals surface area (Å²) in [6.07, 6.45) is 1.54. The number of carbonyl (C=O) groups is 1. The van der Waals surface area contributed by atoms with Crippen LogP contribution in [-0.4, -0.2) is 18.9 Å². The number of hydrogen-bond acceptors (Lipinski definition) is 2. The van der Waals surface area contributed by atoms with Crippen molar-refractivity contribution in [3.05, 3.63) is 68.1 Å². The highest BCUT2D eigenvalue weighted by atomic mass is 79.9. The van der Waals surface area contributed by atoms with Crippen molar-refractivity contribution in [3.63, 3.8) is 0 Å². The van der Waals surface area contributed by atoms with Crippen LogP contribution in [0.2, 0.25) is 10.0 Å². The minimum absolute atomic E-state index is 0.0748. The molecule has 0 aromatic heterocycles. The smallest absolute Gasteiger partial charge is 0.169 e. The molecule has 0 aliphatic carbocycles. The van der Waals surface area contributed by atoms with Gasteiger partial charge in [0.15, 0.2) is 5.78 Å². The Morgan fingerprint density at radius 2 is 1.56 bits per heavy atom. The second-order valence-corrected chi connectivity index (χ2v) is 7.30. The van der Waals surface area contributed by atoms with Gasteiger partial charge >= 0.3 is 0 Å². The van der Waals surface area contributed by atoms with E-state index in [4.69, 9.17) is 23.2 Å². The Hall–Kier alpha value is -1.01. The fourth-order valence-corrected chi connectivity index (χ4v) is 3.32. The normalized spacial score (nSPS) is 14.6. The van der Waals surface area contributed by atoms with Crippen LogP contribution < -0.4 is 5.32 Å². The number of ketones is 1. The number of benzene rings is 2. The van der Waals surface area contributed by atoms with E-state index in [9.17, 15) is 13.6 Å². The second-order valence-electron chi connectivity index (χ2n) is 5.57. The summed E-state index contributed by atoms with van der Waals surface area (Å²) in [7, 11) is 0. The predicted molar refractivity (Wildman–Crippen MR) is 100 cm³/mol. The standard InChI is InChI=1S/C12H13ClFNO.C6H3BrClF/c13-9-1-2-11(14)10(7-9)12(16)8-3-5-15-6-4-8;7-5-3-4(8)1-2-6(5)9/h1-2,7-8,15H,3-6H2;1-3H. The number of hydrogen-bond donors (Lipinski definition) is 1. The molecule has 1 heterocycles. The third-order valence-corrected chi connectivity index (χ3v) is 4.86. The molecule has 0 amide bonds. The van der Waals surface area contributed by atoms with Crippen LogP contribution in [0.3, 0.4) is 0 Å². The van der Waals surface area contributed by atoms with Gasteiger partial charge in [-0.15, -0.1) is 0 Å². The Bertz CT molecular complexity index is 752. The molecule has 2 aromatic carbocycles. The maximum absolute atomic E-state index is 13.5. The van der Waals surface area contributed by atoms with Gasteiger partial charge in [-0.3, -0.25) is 4.79 Å². The zero-order chi connectivity index (χ0) is 18.4. The molecular formula is C18H16BrCl2F2NO. The number of piperidine rings is 1. The largest absolute Gasteiger partial charge is 0.317 e. The Kier molecular flexibility index (Phi) is 7.81. The Morgan fingerprint density at radius 1 is 1.00 bits per heavy atom. The lowest BCUT2D eigenvalue weighted by Crippen LogP contribution is -2.32. The fraction of sp³-hybridized carbons (Fsp3) is 0.278. The van der Waals surface area contributed by atoms with Crippen LogP contribution in [0.4, 0.5) is 8.78 Å². The molecule has 0 saturated carbocycles. The van der Waals surface area contributed by atoms with E-state index in [0.717, 1.165) is 25.9 Å². The number of halogens is 5. The fourth-order valence-electron chi connectivity index (χ4n) is 2.46. The van der Waals surface area contributed by atoms with Crippen molar-refractivity contribution in [3.8, 4) is 0 Å². The molecule has 3 rings (SSSR count). The van der Waals surface area contributed by atoms with Gasteiger partial charge in [0.2, 0.25) is 0 Å². The van der Waals surface area contributed by atoms with Crippen LogP contribution in [0.15, 0.2) is 40.9 Å². The van der Waals surface area contributed by atoms with Crippen LogP contribution in [0, 0.1) is 17.6 Å². The van der Waals surface area contributed by atoms with Crippen LogP contribution in [0.5, 0.6) is 0 Å². The summed E-state index contributed by atoms with van der Waals surface area (Å²) in [6, 6.07) is 8.44. The van der Waals surface area contributed by atoms with E-state index in [1.807, 2.05) is 0 Å². The molecule has 2 nitrogen and oxygen atoms in total. The summed E-state index contributed by atoms with van der Waals surface area (Å²) in [5, 5.41) is 4.11. The van der Waals surface area contributed by atoms with E-state index >= 15 is 0 Å². The Morgan fingerprint density at radius 3 is 2.12 bits per heavy atom. The lowest BCUT2D eigenvalue weighted by atomic mass is 9.89. The summed E-state index contributed by atoms with van der Waals surface area (Å²) >= 11 is 14.3. The van der Waals surface area contributed by atoms with Crippen molar-refractivity contribution in [2.45, 2.75) is 12.8 Å². The molecule has 134 valence electrons. The van der Waals surface area contributed by atoms with Crippen LogP contribution >= 0.6 is 39.1 Å². The van der Waals surface area contributed by atoms with Crippen molar-refractivity contribution >= 4 is 44.9 Å². The maximum Gasteiger partial charge on any atom is 0.169 e. The molecule has 7 heteroatoms. The summed E-state index contributed by atoms with van der Waals surface area (Å²) in [5.74, 6) is -0.969. The number of rotatable bonds is 2. The number of nitrogens with one attached hydrogen (secondary N) is 1. The van der Waals surface area contributed by atoms with Crippen LogP contribution in [0.1, 0.15) is 23.2 Å². The van der Waals surface area contributed by atoms with E-state index in [2.05, 4.69) is 21.2 Å². The van der Waals surface area contributed by atoms with Gasteiger partial charge < -0.3 is 5.32 Å². The first-order chi connectivity index (χ1) is 11.9. The lowest BCUT2D eigenvalue weighted by molar-refractivity contribution is 0.0891. The lowest BCUT2D eigenvalue weighted by Gasteiger charge is -2.21. The zero-order valence-electron chi connectivity index (χ0n) is 13.2. The predicted octanol–water partition coefficient (Wildman–Crippen LogP) is 5.90. The average molecular weight is 451 g/mol. The number of carbonyl (C=O) groups excluding carboxylic acids is 1. The van der Waals surface area contributed by atoms with Gasteiger partial charge in [0.1, 0.15) is 11.6 Å². The molecule has 0 atom stereocenters. The maximum atomic E-state index is 13.5. The zero-order valence-corrected chi connectivity index (χ0v) is 16.3. The van der Waals surface area contributed by atoms with Crippen molar-refractivity contribution in [1.82, 2.24) is 5.32 Å². The first kappa shape index (κ1) is 20.3. The molecule has 0 radical (unpaired) electrons. The highest BCUT2D eigenvalue weighted by Crippen LogP contribution is 2.22. The SMILES string of the molecule is Fc1ccc(Cl)cc1Br.O=C(c1cc(Cl)ccc1F)C1CCNCC1. The van der Waals surface area contributed by atoms with E-state index in [0.29, 0.717) is 14.5 Å². The van der Waals surface area contributed by atoms with Gasteiger partial charge in [0.25, 0.3) is 0 Å². The topological polar surface area (TPSA) is 29.1 Å². The quantitative estimate of drug-likeness (QED) is 0.455. The molecule has 1 aliphatic rings. The summed E-state index contributed by atoms with van der Waals surface area (Å²) < 4.78 is 26.3. The molecule has 0 unspecified atom stereocenters. The van der Waals surface area contributed by atoms with Gasteiger partial charge in [-0.1, -0.05) is 23.2 Å². The average Bonchev–Trinajstić information content (AvgIpc) is 2.61. The van der Waals surface area contributed by atoms with Gasteiger partial charge in [-0.05, 0) is 78.3 Å². The summed E-state index contributed by atoms with van der Waals surface area (Å²) in [5.41, 5.74) is 0.124. The Labute approximate surface area is 163 Å². The Balaban J connectivity index is 0.000000212. The minimum Gasteiger partial charge on any atom is -0.317 e. The number of Topliss-reactive ketones (excluding diaryl/α,β-unsaturated/α-hetero) is 1. The monoisotopic (exact) mass is 449 g/mol. The first-order valence-corrected chi connectivity index (χ1v) is 9.24. The van der Waals surface area contributed by atoms with Gasteiger partial charge in [0.05, 0.1) is 10.0 Å². The van der Waals surface area contributed by atoms with E-state index in [1.165, 1.54) is 36.4 Å². The van der Waals surface area contributed by atoms with Crippen molar-refractivity contribution in [2.24, 2.45) is 5.92 Å². The molecule has 1 aliphatic heterocycles.